The van der Waals surface area contributed by atoms with Gasteiger partial charge in [0.05, 0.1) is 0 Å². The first kappa shape index (κ1) is 14.9. The molecular formula is C18H26N2. The molecule has 0 unspecified atom stereocenters. The molecule has 1 heterocycles. The molecule has 0 bridgehead atoms. The fourth-order valence-electron chi connectivity index (χ4n) is 2.98. The van der Waals surface area contributed by atoms with Crippen molar-refractivity contribution in [2.24, 2.45) is 0 Å². The van der Waals surface area contributed by atoms with Crippen molar-refractivity contribution >= 4 is 0 Å². The van der Waals surface area contributed by atoms with Gasteiger partial charge >= 0.3 is 0 Å². The molecule has 0 spiro atoms. The quantitative estimate of drug-likeness (QED) is 0.849. The highest BCUT2D eigenvalue weighted by Crippen LogP contribution is 2.23. The first-order valence-corrected chi connectivity index (χ1v) is 7.63. The summed E-state index contributed by atoms with van der Waals surface area (Å²) < 4.78 is 0. The van der Waals surface area contributed by atoms with Crippen molar-refractivity contribution in [3.63, 3.8) is 0 Å². The summed E-state index contributed by atoms with van der Waals surface area (Å²) >= 11 is 0. The summed E-state index contributed by atoms with van der Waals surface area (Å²) in [5.74, 6) is 0. The number of rotatable bonds is 6. The summed E-state index contributed by atoms with van der Waals surface area (Å²) in [4.78, 5) is 2.50. The van der Waals surface area contributed by atoms with Crippen LogP contribution in [0, 0.1) is 0 Å². The first-order chi connectivity index (χ1) is 9.78. The first-order valence-electron chi connectivity index (χ1n) is 7.63. The Bertz CT molecular complexity index is 488. The Hall–Kier alpha value is -1.54. The largest absolute Gasteiger partial charge is 0.365 e. The van der Waals surface area contributed by atoms with Gasteiger partial charge in [0.2, 0.25) is 0 Å². The van der Waals surface area contributed by atoms with Crippen LogP contribution in [0.25, 0.3) is 0 Å². The summed E-state index contributed by atoms with van der Waals surface area (Å²) in [5.41, 5.74) is 5.90. The summed E-state index contributed by atoms with van der Waals surface area (Å²) in [6, 6.07) is 6.80. The van der Waals surface area contributed by atoms with Crippen LogP contribution in [0.5, 0.6) is 0 Å². The van der Waals surface area contributed by atoms with E-state index in [1.165, 1.54) is 30.5 Å². The van der Waals surface area contributed by atoms with Gasteiger partial charge in [-0.3, -0.25) is 4.90 Å². The number of aryl methyl sites for hydroxylation is 1. The van der Waals surface area contributed by atoms with Crippen LogP contribution in [0.2, 0.25) is 0 Å². The molecule has 2 nitrogen and oxygen atoms in total. The Kier molecular flexibility index (Phi) is 5.42. The van der Waals surface area contributed by atoms with Gasteiger partial charge in [0.1, 0.15) is 0 Å². The number of hydrogen-bond donors (Lipinski definition) is 1. The van der Waals surface area contributed by atoms with Crippen LogP contribution >= 0.6 is 0 Å². The Morgan fingerprint density at radius 1 is 1.45 bits per heavy atom. The molecule has 0 amide bonds. The zero-order valence-corrected chi connectivity index (χ0v) is 12.8. The summed E-state index contributed by atoms with van der Waals surface area (Å²) in [7, 11) is 0. The molecule has 2 rings (SSSR count). The normalized spacial score (nSPS) is 15.8. The molecule has 0 saturated heterocycles. The number of allylic oxidation sites excluding steroid dienone is 1. The van der Waals surface area contributed by atoms with Crippen LogP contribution in [0.1, 0.15) is 37.0 Å². The number of fused-ring (bicyclic) bond motifs is 1. The highest BCUT2D eigenvalue weighted by molar-refractivity contribution is 5.37. The average molecular weight is 270 g/mol. The van der Waals surface area contributed by atoms with Crippen molar-refractivity contribution in [2.75, 3.05) is 13.1 Å². The molecule has 1 aliphatic heterocycles. The third-order valence-electron chi connectivity index (χ3n) is 3.99. The maximum atomic E-state index is 3.74. The van der Waals surface area contributed by atoms with E-state index in [0.29, 0.717) is 0 Å². The van der Waals surface area contributed by atoms with E-state index in [1.54, 1.807) is 17.3 Å². The lowest BCUT2D eigenvalue weighted by Crippen LogP contribution is -2.34. The minimum Gasteiger partial charge on any atom is -0.365 e. The van der Waals surface area contributed by atoms with Crippen molar-refractivity contribution in [2.45, 2.75) is 39.7 Å². The molecule has 0 radical (unpaired) electrons. The highest BCUT2D eigenvalue weighted by atomic mass is 15.1. The third-order valence-corrected chi connectivity index (χ3v) is 3.99. The van der Waals surface area contributed by atoms with Crippen molar-refractivity contribution in [3.05, 3.63) is 59.4 Å². The van der Waals surface area contributed by atoms with Crippen LogP contribution in [0.4, 0.5) is 0 Å². The van der Waals surface area contributed by atoms with E-state index < -0.39 is 0 Å². The van der Waals surface area contributed by atoms with E-state index in [4.69, 9.17) is 0 Å². The van der Waals surface area contributed by atoms with Gasteiger partial charge in [0.15, 0.2) is 0 Å². The van der Waals surface area contributed by atoms with E-state index >= 15 is 0 Å². The van der Waals surface area contributed by atoms with E-state index in [1.807, 2.05) is 0 Å². The minimum atomic E-state index is 0.972. The Morgan fingerprint density at radius 2 is 2.30 bits per heavy atom. The lowest BCUT2D eigenvalue weighted by Gasteiger charge is -2.30. The lowest BCUT2D eigenvalue weighted by molar-refractivity contribution is 0.272. The fourth-order valence-corrected chi connectivity index (χ4v) is 2.98. The van der Waals surface area contributed by atoms with Gasteiger partial charge in [-0.15, -0.1) is 0 Å². The highest BCUT2D eigenvalue weighted by Gasteiger charge is 2.18. The molecule has 108 valence electrons. The fraction of sp³-hybridized carbons (Fsp3) is 0.444. The Morgan fingerprint density at radius 3 is 3.00 bits per heavy atom. The third kappa shape index (κ3) is 3.51. The maximum absolute atomic E-state index is 3.74. The predicted octanol–water partition coefficient (Wildman–Crippen LogP) is 3.63. The molecule has 2 heteroatoms. The van der Waals surface area contributed by atoms with Crippen LogP contribution in [-0.4, -0.2) is 18.0 Å². The SMILES string of the molecule is C=CN/C(=C\C)CN1CCc2c(CCC)cccc2C1. The smallest absolute Gasteiger partial charge is 0.0385 e. The van der Waals surface area contributed by atoms with Crippen molar-refractivity contribution < 1.29 is 0 Å². The number of benzene rings is 1. The predicted molar refractivity (Wildman–Crippen MR) is 86.5 cm³/mol. The molecule has 1 aromatic rings. The van der Waals surface area contributed by atoms with E-state index in [0.717, 1.165) is 19.6 Å². The van der Waals surface area contributed by atoms with Gasteiger partial charge in [0.25, 0.3) is 0 Å². The number of hydrogen-bond acceptors (Lipinski definition) is 2. The van der Waals surface area contributed by atoms with Crippen LogP contribution in [0.3, 0.4) is 0 Å². The molecular weight excluding hydrogens is 244 g/mol. The second kappa shape index (κ2) is 7.30. The summed E-state index contributed by atoms with van der Waals surface area (Å²) in [5, 5.41) is 3.22. The van der Waals surface area contributed by atoms with Gasteiger partial charge in [-0.2, -0.15) is 0 Å². The molecule has 0 aliphatic carbocycles. The molecule has 0 saturated carbocycles. The Balaban J connectivity index is 2.07. The molecule has 1 aliphatic rings. The minimum absolute atomic E-state index is 0.972. The van der Waals surface area contributed by atoms with Gasteiger partial charge in [-0.25, -0.2) is 0 Å². The Labute approximate surface area is 123 Å². The molecule has 0 aromatic heterocycles. The van der Waals surface area contributed by atoms with E-state index in [2.05, 4.69) is 54.9 Å². The monoisotopic (exact) mass is 270 g/mol. The van der Waals surface area contributed by atoms with Crippen molar-refractivity contribution in [3.8, 4) is 0 Å². The van der Waals surface area contributed by atoms with Gasteiger partial charge in [0, 0.05) is 25.3 Å². The number of nitrogens with one attached hydrogen (secondary N) is 1. The molecule has 1 aromatic carbocycles. The standard InChI is InChI=1S/C18H26N2/c1-4-8-15-9-7-10-16-13-20(12-11-18(15)16)14-17(5-2)19-6-3/h5-7,9-10,19H,3-4,8,11-14H2,1-2H3/b17-5-. The van der Waals surface area contributed by atoms with Crippen molar-refractivity contribution in [1.29, 1.82) is 0 Å². The zero-order chi connectivity index (χ0) is 14.4. The van der Waals surface area contributed by atoms with E-state index in [9.17, 15) is 0 Å². The molecule has 1 N–H and O–H groups in total. The second-order valence-corrected chi connectivity index (χ2v) is 5.43. The molecule has 20 heavy (non-hydrogen) atoms. The summed E-state index contributed by atoms with van der Waals surface area (Å²) in [6.45, 7) is 11.2. The second-order valence-electron chi connectivity index (χ2n) is 5.43. The maximum Gasteiger partial charge on any atom is 0.0385 e. The van der Waals surface area contributed by atoms with Gasteiger partial charge in [-0.1, -0.05) is 44.2 Å². The lowest BCUT2D eigenvalue weighted by atomic mass is 9.92. The van der Waals surface area contributed by atoms with Gasteiger partial charge in [-0.05, 0) is 42.7 Å². The van der Waals surface area contributed by atoms with Gasteiger partial charge < -0.3 is 5.32 Å². The summed E-state index contributed by atoms with van der Waals surface area (Å²) in [6.07, 6.45) is 7.50. The van der Waals surface area contributed by atoms with Crippen molar-refractivity contribution in [1.82, 2.24) is 10.2 Å². The average Bonchev–Trinajstić information content (AvgIpc) is 2.47. The van der Waals surface area contributed by atoms with Crippen LogP contribution in [-0.2, 0) is 19.4 Å². The molecule has 0 fully saturated rings. The van der Waals surface area contributed by atoms with E-state index in [-0.39, 0.29) is 0 Å². The molecule has 0 atom stereocenters. The van der Waals surface area contributed by atoms with Crippen LogP contribution < -0.4 is 5.32 Å². The topological polar surface area (TPSA) is 15.3 Å². The van der Waals surface area contributed by atoms with Crippen LogP contribution in [0.15, 0.2) is 42.8 Å². The number of nitrogens with zero attached hydrogens (tertiary/aromatic N) is 1. The zero-order valence-electron chi connectivity index (χ0n) is 12.8.